The topological polar surface area (TPSA) is 69.8 Å². The van der Waals surface area contributed by atoms with Crippen molar-refractivity contribution >= 4 is 11.6 Å². The molecular formula is C19H26F2N6O. The van der Waals surface area contributed by atoms with E-state index in [2.05, 4.69) is 25.3 Å². The van der Waals surface area contributed by atoms with Crippen molar-refractivity contribution in [3.05, 3.63) is 41.5 Å². The second-order valence-electron chi connectivity index (χ2n) is 6.99. The van der Waals surface area contributed by atoms with E-state index >= 15 is 0 Å². The molecule has 1 N–H and O–H groups in total. The molecule has 1 aromatic carbocycles. The summed E-state index contributed by atoms with van der Waals surface area (Å²) >= 11 is 0. The third-order valence-electron chi connectivity index (χ3n) is 4.66. The first-order valence-electron chi connectivity index (χ1n) is 9.46. The Morgan fingerprint density at radius 3 is 2.64 bits per heavy atom. The van der Waals surface area contributed by atoms with Gasteiger partial charge in [0.05, 0.1) is 5.69 Å². The van der Waals surface area contributed by atoms with Crippen LogP contribution in [0, 0.1) is 11.6 Å². The van der Waals surface area contributed by atoms with Gasteiger partial charge in [-0.1, -0.05) is 19.0 Å². The summed E-state index contributed by atoms with van der Waals surface area (Å²) < 4.78 is 32.7. The summed E-state index contributed by atoms with van der Waals surface area (Å²) in [6.07, 6.45) is 0.604. The van der Waals surface area contributed by atoms with Crippen LogP contribution in [-0.4, -0.2) is 60.8 Å². The molecule has 0 radical (unpaired) electrons. The Bertz CT molecular complexity index is 815. The number of hydrogen-bond acceptors (Lipinski definition) is 5. The molecule has 0 amide bonds. The van der Waals surface area contributed by atoms with Crippen molar-refractivity contribution in [2.24, 2.45) is 4.99 Å². The molecule has 0 saturated carbocycles. The fraction of sp³-hybridized carbons (Fsp3) is 0.526. The van der Waals surface area contributed by atoms with Crippen molar-refractivity contribution in [1.82, 2.24) is 20.4 Å². The van der Waals surface area contributed by atoms with Crippen LogP contribution >= 0.6 is 0 Å². The normalized spacial score (nSPS) is 15.4. The number of piperazine rings is 1. The molecule has 1 aliphatic heterocycles. The van der Waals surface area contributed by atoms with Crippen LogP contribution in [0.1, 0.15) is 31.5 Å². The fourth-order valence-electron chi connectivity index (χ4n) is 3.10. The minimum absolute atomic E-state index is 0.234. The van der Waals surface area contributed by atoms with Crippen LogP contribution in [0.2, 0.25) is 0 Å². The summed E-state index contributed by atoms with van der Waals surface area (Å²) in [6, 6.07) is 3.54. The monoisotopic (exact) mass is 392 g/mol. The first kappa shape index (κ1) is 20.0. The lowest BCUT2D eigenvalue weighted by molar-refractivity contribution is 0.361. The lowest BCUT2D eigenvalue weighted by Crippen LogP contribution is -2.53. The number of rotatable bonds is 5. The summed E-state index contributed by atoms with van der Waals surface area (Å²) in [7, 11) is 1.73. The van der Waals surface area contributed by atoms with Crippen LogP contribution < -0.4 is 10.2 Å². The molecule has 1 aliphatic rings. The highest BCUT2D eigenvalue weighted by Gasteiger charge is 2.22. The number of nitrogens with zero attached hydrogens (tertiary/aromatic N) is 5. The lowest BCUT2D eigenvalue weighted by atomic mass is 10.2. The SMILES string of the molecule is CN=C(NCCc1nc(C(C)C)no1)N1CCN(c2cc(F)ccc2F)CC1. The van der Waals surface area contributed by atoms with Crippen LogP contribution in [0.25, 0.3) is 0 Å². The van der Waals surface area contributed by atoms with Gasteiger partial charge in [-0.15, -0.1) is 0 Å². The predicted molar refractivity (Wildman–Crippen MR) is 104 cm³/mol. The highest BCUT2D eigenvalue weighted by atomic mass is 19.1. The second-order valence-corrected chi connectivity index (χ2v) is 6.99. The van der Waals surface area contributed by atoms with Gasteiger partial charge in [0, 0.05) is 58.2 Å². The molecule has 0 bridgehead atoms. The van der Waals surface area contributed by atoms with E-state index < -0.39 is 11.6 Å². The average molecular weight is 392 g/mol. The second kappa shape index (κ2) is 8.99. The van der Waals surface area contributed by atoms with Gasteiger partial charge in [0.15, 0.2) is 11.8 Å². The Balaban J connectivity index is 1.50. The van der Waals surface area contributed by atoms with Crippen LogP contribution in [0.3, 0.4) is 0 Å². The van der Waals surface area contributed by atoms with E-state index in [0.29, 0.717) is 56.5 Å². The van der Waals surface area contributed by atoms with Gasteiger partial charge in [-0.05, 0) is 12.1 Å². The maximum Gasteiger partial charge on any atom is 0.228 e. The Hall–Kier alpha value is -2.71. The Morgan fingerprint density at radius 1 is 1.25 bits per heavy atom. The maximum absolute atomic E-state index is 14.0. The number of anilines is 1. The number of guanidine groups is 1. The van der Waals surface area contributed by atoms with Crippen molar-refractivity contribution in [1.29, 1.82) is 0 Å². The number of nitrogens with one attached hydrogen (secondary N) is 1. The van der Waals surface area contributed by atoms with E-state index in [4.69, 9.17) is 4.52 Å². The number of aliphatic imine (C=N–C) groups is 1. The van der Waals surface area contributed by atoms with Crippen molar-refractivity contribution in [2.45, 2.75) is 26.2 Å². The molecule has 1 saturated heterocycles. The summed E-state index contributed by atoms with van der Waals surface area (Å²) in [6.45, 7) is 7.14. The van der Waals surface area contributed by atoms with Gasteiger partial charge in [0.1, 0.15) is 11.6 Å². The molecule has 0 unspecified atom stereocenters. The van der Waals surface area contributed by atoms with Crippen molar-refractivity contribution < 1.29 is 13.3 Å². The van der Waals surface area contributed by atoms with Crippen molar-refractivity contribution in [2.75, 3.05) is 44.7 Å². The van der Waals surface area contributed by atoms with Gasteiger partial charge in [0.2, 0.25) is 5.89 Å². The summed E-state index contributed by atoms with van der Waals surface area (Å²) in [5, 5.41) is 7.25. The zero-order valence-corrected chi connectivity index (χ0v) is 16.5. The number of hydrogen-bond donors (Lipinski definition) is 1. The summed E-state index contributed by atoms with van der Waals surface area (Å²) in [4.78, 5) is 12.6. The molecular weight excluding hydrogens is 366 g/mol. The predicted octanol–water partition coefficient (Wildman–Crippen LogP) is 2.41. The van der Waals surface area contributed by atoms with Crippen LogP contribution in [0.15, 0.2) is 27.7 Å². The summed E-state index contributed by atoms with van der Waals surface area (Å²) in [5.74, 6) is 1.47. The quantitative estimate of drug-likeness (QED) is 0.623. The first-order chi connectivity index (χ1) is 13.5. The third kappa shape index (κ3) is 4.76. The van der Waals surface area contributed by atoms with Gasteiger partial charge in [-0.3, -0.25) is 4.99 Å². The van der Waals surface area contributed by atoms with E-state index in [1.807, 2.05) is 18.7 Å². The largest absolute Gasteiger partial charge is 0.366 e. The number of benzene rings is 1. The zero-order valence-electron chi connectivity index (χ0n) is 16.5. The first-order valence-corrected chi connectivity index (χ1v) is 9.46. The van der Waals surface area contributed by atoms with Crippen LogP contribution in [0.5, 0.6) is 0 Å². The third-order valence-corrected chi connectivity index (χ3v) is 4.66. The molecule has 152 valence electrons. The Kier molecular flexibility index (Phi) is 6.43. The fourth-order valence-corrected chi connectivity index (χ4v) is 3.10. The molecule has 3 rings (SSSR count). The molecule has 0 aliphatic carbocycles. The highest BCUT2D eigenvalue weighted by Crippen LogP contribution is 2.22. The van der Waals surface area contributed by atoms with E-state index in [1.165, 1.54) is 12.1 Å². The lowest BCUT2D eigenvalue weighted by Gasteiger charge is -2.37. The standard InChI is InChI=1S/C19H26F2N6O/c1-13(2)18-24-17(28-25-18)6-7-23-19(22-3)27-10-8-26(9-11-27)16-12-14(20)4-5-15(16)21/h4-5,12-13H,6-11H2,1-3H3,(H,22,23). The number of halogens is 2. The van der Waals surface area contributed by atoms with Gasteiger partial charge in [-0.25, -0.2) is 8.78 Å². The van der Waals surface area contributed by atoms with Crippen LogP contribution in [-0.2, 0) is 6.42 Å². The molecule has 1 fully saturated rings. The smallest absolute Gasteiger partial charge is 0.228 e. The molecule has 2 heterocycles. The molecule has 0 spiro atoms. The summed E-state index contributed by atoms with van der Waals surface area (Å²) in [5.41, 5.74) is 0.306. The highest BCUT2D eigenvalue weighted by molar-refractivity contribution is 5.80. The van der Waals surface area contributed by atoms with Crippen molar-refractivity contribution in [3.8, 4) is 0 Å². The van der Waals surface area contributed by atoms with E-state index in [-0.39, 0.29) is 5.92 Å². The molecule has 1 aromatic heterocycles. The number of aromatic nitrogens is 2. The van der Waals surface area contributed by atoms with Crippen LogP contribution in [0.4, 0.5) is 14.5 Å². The van der Waals surface area contributed by atoms with E-state index in [9.17, 15) is 8.78 Å². The molecule has 0 atom stereocenters. The molecule has 28 heavy (non-hydrogen) atoms. The van der Waals surface area contributed by atoms with Gasteiger partial charge >= 0.3 is 0 Å². The minimum Gasteiger partial charge on any atom is -0.366 e. The Labute approximate surface area is 163 Å². The van der Waals surface area contributed by atoms with Gasteiger partial charge in [-0.2, -0.15) is 4.98 Å². The maximum atomic E-state index is 14.0. The Morgan fingerprint density at radius 2 is 2.00 bits per heavy atom. The van der Waals surface area contributed by atoms with E-state index in [0.717, 1.165) is 12.0 Å². The molecule has 2 aromatic rings. The van der Waals surface area contributed by atoms with E-state index in [1.54, 1.807) is 7.05 Å². The van der Waals surface area contributed by atoms with Crippen molar-refractivity contribution in [3.63, 3.8) is 0 Å². The van der Waals surface area contributed by atoms with Gasteiger partial charge < -0.3 is 19.6 Å². The molecule has 9 heteroatoms. The molecule has 7 nitrogen and oxygen atoms in total. The minimum atomic E-state index is -0.432. The zero-order chi connectivity index (χ0) is 20.1. The average Bonchev–Trinajstić information content (AvgIpc) is 3.17. The van der Waals surface area contributed by atoms with Gasteiger partial charge in [0.25, 0.3) is 0 Å².